The van der Waals surface area contributed by atoms with Crippen LogP contribution in [0.5, 0.6) is 0 Å². The number of amides is 1. The van der Waals surface area contributed by atoms with Gasteiger partial charge < -0.3 is 0 Å². The van der Waals surface area contributed by atoms with Crippen LogP contribution in [0.3, 0.4) is 0 Å². The Balaban J connectivity index is 1.77. The number of aromatic nitrogens is 1. The number of nitrogens with one attached hydrogen (secondary N) is 1. The minimum Gasteiger partial charge on any atom is -0.293 e. The lowest BCUT2D eigenvalue weighted by Crippen LogP contribution is -2.32. The van der Waals surface area contributed by atoms with Crippen molar-refractivity contribution in [3.05, 3.63) is 85.4 Å². The Morgan fingerprint density at radius 2 is 1.84 bits per heavy atom. The Morgan fingerprint density at radius 3 is 2.49 bits per heavy atom. The Labute approximate surface area is 230 Å². The Hall–Kier alpha value is -2.60. The zero-order chi connectivity index (χ0) is 27.1. The average molecular weight is 633 g/mol. The summed E-state index contributed by atoms with van der Waals surface area (Å²) in [5.41, 5.74) is -1.26. The predicted molar refractivity (Wildman–Crippen MR) is 141 cm³/mol. The molecule has 1 amide bonds. The number of halogens is 5. The van der Waals surface area contributed by atoms with E-state index >= 15 is 4.39 Å². The molecule has 2 aromatic carbocycles. The number of fused-ring (bicyclic) bond motifs is 1. The molecule has 0 bridgehead atoms. The minimum atomic E-state index is -3.91. The van der Waals surface area contributed by atoms with Crippen LogP contribution in [0.1, 0.15) is 45.5 Å². The second-order valence-electron chi connectivity index (χ2n) is 8.20. The topological polar surface area (TPSA) is 96.4 Å². The van der Waals surface area contributed by atoms with Crippen molar-refractivity contribution in [3.63, 3.8) is 0 Å². The van der Waals surface area contributed by atoms with Gasteiger partial charge in [0.15, 0.2) is 11.6 Å². The van der Waals surface area contributed by atoms with Gasteiger partial charge in [0.2, 0.25) is 10.0 Å². The molecule has 1 aliphatic heterocycles. The summed E-state index contributed by atoms with van der Waals surface area (Å²) in [6.07, 6.45) is 1.68. The van der Waals surface area contributed by atoms with E-state index in [1.165, 1.54) is 29.3 Å². The number of hydrogen-bond acceptors (Lipinski definition) is 5. The molecule has 37 heavy (non-hydrogen) atoms. The highest BCUT2D eigenvalue weighted by atomic mass is 79.9. The van der Waals surface area contributed by atoms with Crippen molar-refractivity contribution in [1.82, 2.24) is 4.98 Å². The van der Waals surface area contributed by atoms with Crippen LogP contribution in [0.15, 0.2) is 47.1 Å². The molecule has 7 nitrogen and oxygen atoms in total. The first-order chi connectivity index (χ1) is 17.4. The summed E-state index contributed by atoms with van der Waals surface area (Å²) in [4.78, 5) is 32.4. The molecule has 0 saturated heterocycles. The van der Waals surface area contributed by atoms with E-state index in [0.717, 1.165) is 12.1 Å². The normalized spacial score (nSPS) is 15.0. The van der Waals surface area contributed by atoms with Crippen molar-refractivity contribution in [3.8, 4) is 0 Å². The molecule has 1 aliphatic rings. The lowest BCUT2D eigenvalue weighted by molar-refractivity contribution is 0.0950. The molecule has 1 unspecified atom stereocenters. The number of anilines is 2. The van der Waals surface area contributed by atoms with Gasteiger partial charge in [-0.05, 0) is 52.7 Å². The number of ketones is 1. The van der Waals surface area contributed by atoms with Gasteiger partial charge >= 0.3 is 0 Å². The number of rotatable bonds is 7. The van der Waals surface area contributed by atoms with Crippen molar-refractivity contribution in [2.24, 2.45) is 0 Å². The molecule has 1 atom stereocenters. The molecule has 1 N–H and O–H groups in total. The standard InChI is InChI=1S/C24H18BrCl2F2N3O4S/c1-2-8-37(35,36)31-18-7-6-17(28)20(21(18)29)22(33)14-11-32(23-13(14)9-12(25)10-30-23)24(34)19-15(26)4-3-5-16(19)27/h3-7,9-10,14,31H,2,8,11H2,1H3. The SMILES string of the molecule is CCCS(=O)(=O)Nc1ccc(F)c(C(=O)C2CN(C(=O)c3c(Cl)cccc3Cl)c3ncc(Br)cc32)c1F. The number of nitrogens with zero attached hydrogens (tertiary/aromatic N) is 2. The van der Waals surface area contributed by atoms with Gasteiger partial charge in [-0.1, -0.05) is 36.2 Å². The number of sulfonamides is 1. The van der Waals surface area contributed by atoms with Gasteiger partial charge in [-0.15, -0.1) is 0 Å². The fraction of sp³-hybridized carbons (Fsp3) is 0.208. The monoisotopic (exact) mass is 631 g/mol. The first-order valence-electron chi connectivity index (χ1n) is 10.9. The zero-order valence-electron chi connectivity index (χ0n) is 19.1. The van der Waals surface area contributed by atoms with E-state index in [2.05, 4.69) is 25.6 Å². The molecule has 3 aromatic rings. The van der Waals surface area contributed by atoms with Gasteiger partial charge in [0.05, 0.1) is 38.5 Å². The lowest BCUT2D eigenvalue weighted by Gasteiger charge is -2.18. The summed E-state index contributed by atoms with van der Waals surface area (Å²) in [6.45, 7) is 1.32. The van der Waals surface area contributed by atoms with Crippen LogP contribution in [0.2, 0.25) is 10.0 Å². The first-order valence-corrected chi connectivity index (χ1v) is 14.1. The molecule has 194 valence electrons. The molecule has 0 aliphatic carbocycles. The molecular weight excluding hydrogens is 615 g/mol. The number of hydrogen-bond donors (Lipinski definition) is 1. The second kappa shape index (κ2) is 10.6. The predicted octanol–water partition coefficient (Wildman–Crippen LogP) is 6.21. The fourth-order valence-electron chi connectivity index (χ4n) is 4.06. The van der Waals surface area contributed by atoms with E-state index in [0.29, 0.717) is 4.47 Å². The summed E-state index contributed by atoms with van der Waals surface area (Å²) in [7, 11) is -3.91. The summed E-state index contributed by atoms with van der Waals surface area (Å²) in [6, 6.07) is 7.76. The lowest BCUT2D eigenvalue weighted by atomic mass is 9.92. The van der Waals surface area contributed by atoms with E-state index in [9.17, 15) is 22.4 Å². The third-order valence-corrected chi connectivity index (χ3v) is 8.21. The van der Waals surface area contributed by atoms with Crippen molar-refractivity contribution >= 4 is 72.4 Å². The number of Topliss-reactive ketones (excluding diaryl/α,β-unsaturated/α-hetero) is 1. The second-order valence-corrected chi connectivity index (χ2v) is 11.8. The largest absolute Gasteiger partial charge is 0.293 e. The molecule has 0 fully saturated rings. The Bertz CT molecular complexity index is 1520. The van der Waals surface area contributed by atoms with Crippen LogP contribution in [-0.2, 0) is 10.0 Å². The molecule has 13 heteroatoms. The summed E-state index contributed by atoms with van der Waals surface area (Å²) >= 11 is 15.7. The first kappa shape index (κ1) is 27.4. The van der Waals surface area contributed by atoms with Crippen LogP contribution in [0.25, 0.3) is 0 Å². The van der Waals surface area contributed by atoms with E-state index in [-0.39, 0.29) is 45.7 Å². The van der Waals surface area contributed by atoms with Crippen molar-refractivity contribution in [1.29, 1.82) is 0 Å². The van der Waals surface area contributed by atoms with E-state index in [1.807, 2.05) is 0 Å². The van der Waals surface area contributed by atoms with Gasteiger partial charge in [0, 0.05) is 22.8 Å². The van der Waals surface area contributed by atoms with Gasteiger partial charge in [0.25, 0.3) is 5.91 Å². The average Bonchev–Trinajstić information content (AvgIpc) is 3.19. The van der Waals surface area contributed by atoms with Crippen molar-refractivity contribution in [2.45, 2.75) is 19.3 Å². The molecular formula is C24H18BrCl2F2N3O4S. The number of carbonyl (C=O) groups excluding carboxylic acids is 2. The van der Waals surface area contributed by atoms with E-state index in [1.54, 1.807) is 13.0 Å². The number of benzene rings is 2. The van der Waals surface area contributed by atoms with Gasteiger partial charge in [-0.3, -0.25) is 19.2 Å². The van der Waals surface area contributed by atoms with E-state index in [4.69, 9.17) is 23.2 Å². The maximum atomic E-state index is 15.4. The molecule has 0 saturated carbocycles. The van der Waals surface area contributed by atoms with Gasteiger partial charge in [0.1, 0.15) is 11.6 Å². The highest BCUT2D eigenvalue weighted by molar-refractivity contribution is 9.10. The zero-order valence-corrected chi connectivity index (χ0v) is 23.0. The number of carbonyl (C=O) groups is 2. The smallest absolute Gasteiger partial charge is 0.262 e. The quantitative estimate of drug-likeness (QED) is 0.313. The molecule has 1 aromatic heterocycles. The molecule has 4 rings (SSSR count). The van der Waals surface area contributed by atoms with Crippen LogP contribution in [-0.4, -0.2) is 37.4 Å². The van der Waals surface area contributed by atoms with Crippen LogP contribution in [0, 0.1) is 11.6 Å². The van der Waals surface area contributed by atoms with Crippen molar-refractivity contribution < 1.29 is 26.8 Å². The minimum absolute atomic E-state index is 0.0145. The molecule has 2 heterocycles. The van der Waals surface area contributed by atoms with Gasteiger partial charge in [-0.2, -0.15) is 0 Å². The highest BCUT2D eigenvalue weighted by Crippen LogP contribution is 2.41. The Kier molecular flexibility index (Phi) is 7.89. The summed E-state index contributed by atoms with van der Waals surface area (Å²) in [5.74, 6) is -5.57. The van der Waals surface area contributed by atoms with E-state index < -0.39 is 50.5 Å². The van der Waals surface area contributed by atoms with Crippen LogP contribution >= 0.6 is 39.1 Å². The third-order valence-electron chi connectivity index (χ3n) is 5.67. The third kappa shape index (κ3) is 5.36. The van der Waals surface area contributed by atoms with Crippen LogP contribution < -0.4 is 9.62 Å². The maximum Gasteiger partial charge on any atom is 0.262 e. The summed E-state index contributed by atoms with van der Waals surface area (Å²) < 4.78 is 57.0. The Morgan fingerprint density at radius 1 is 1.16 bits per heavy atom. The van der Waals surface area contributed by atoms with Crippen molar-refractivity contribution in [2.75, 3.05) is 21.9 Å². The maximum absolute atomic E-state index is 15.4. The summed E-state index contributed by atoms with van der Waals surface area (Å²) in [5, 5.41) is 0.158. The fourth-order valence-corrected chi connectivity index (χ4v) is 6.10. The highest BCUT2D eigenvalue weighted by Gasteiger charge is 2.41. The van der Waals surface area contributed by atoms with Gasteiger partial charge in [-0.25, -0.2) is 22.2 Å². The number of pyridine rings is 1. The molecule has 0 radical (unpaired) electrons. The molecule has 0 spiro atoms. The van der Waals surface area contributed by atoms with Crippen LogP contribution in [0.4, 0.5) is 20.3 Å².